The number of carbonyl (C=O) groups excluding carboxylic acids is 3. The highest BCUT2D eigenvalue weighted by Crippen LogP contribution is 2.42. The third kappa shape index (κ3) is 4.00. The van der Waals surface area contributed by atoms with Crippen LogP contribution in [0.25, 0.3) is 5.76 Å². The van der Waals surface area contributed by atoms with Crippen molar-refractivity contribution in [2.45, 2.75) is 13.0 Å². The second-order valence-corrected chi connectivity index (χ2v) is 7.75. The lowest BCUT2D eigenvalue weighted by molar-refractivity contribution is -0.132. The Bertz CT molecular complexity index is 1220. The Kier molecular flexibility index (Phi) is 5.79. The van der Waals surface area contributed by atoms with Gasteiger partial charge in [-0.3, -0.25) is 19.3 Å². The van der Waals surface area contributed by atoms with Crippen LogP contribution in [0.15, 0.2) is 84.4 Å². The highest BCUT2D eigenvalue weighted by molar-refractivity contribution is 6.51. The number of hydrogen-bond acceptors (Lipinski definition) is 4. The summed E-state index contributed by atoms with van der Waals surface area (Å²) in [7, 11) is 0. The number of carbonyl (C=O) groups is 3. The molecule has 3 aromatic rings. The topological polar surface area (TPSA) is 86.7 Å². The van der Waals surface area contributed by atoms with E-state index >= 15 is 0 Å². The molecule has 1 saturated heterocycles. The first-order chi connectivity index (χ1) is 15.4. The van der Waals surface area contributed by atoms with Crippen LogP contribution in [0.4, 0.5) is 11.4 Å². The average molecular weight is 447 g/mol. The van der Waals surface area contributed by atoms with Crippen LogP contribution < -0.4 is 10.2 Å². The van der Waals surface area contributed by atoms with Crippen LogP contribution in [0.5, 0.6) is 0 Å². The van der Waals surface area contributed by atoms with Gasteiger partial charge in [-0.2, -0.15) is 0 Å². The molecule has 7 heteroatoms. The number of ketones is 1. The fraction of sp³-hybridized carbons (Fsp3) is 0.0800. The lowest BCUT2D eigenvalue weighted by atomic mass is 9.95. The number of anilines is 2. The first-order valence-corrected chi connectivity index (χ1v) is 10.2. The molecule has 32 heavy (non-hydrogen) atoms. The molecule has 0 unspecified atom stereocenters. The Morgan fingerprint density at radius 1 is 0.938 bits per heavy atom. The summed E-state index contributed by atoms with van der Waals surface area (Å²) in [6.07, 6.45) is 0. The van der Waals surface area contributed by atoms with Gasteiger partial charge < -0.3 is 10.4 Å². The van der Waals surface area contributed by atoms with Crippen molar-refractivity contribution in [1.82, 2.24) is 0 Å². The van der Waals surface area contributed by atoms with Gasteiger partial charge in [-0.15, -0.1) is 0 Å². The molecule has 2 N–H and O–H groups in total. The van der Waals surface area contributed by atoms with Crippen molar-refractivity contribution in [3.05, 3.63) is 101 Å². The highest BCUT2D eigenvalue weighted by Gasteiger charge is 2.46. The van der Waals surface area contributed by atoms with E-state index in [1.807, 2.05) is 0 Å². The molecule has 0 aliphatic carbocycles. The van der Waals surface area contributed by atoms with E-state index in [1.54, 1.807) is 78.9 Å². The average Bonchev–Trinajstić information content (AvgIpc) is 3.05. The maximum absolute atomic E-state index is 13.1. The standard InChI is InChI=1S/C25H19ClN2O4/c1-15(29)27-19-11-13-20(14-12-19)28-22(16-7-9-18(26)10-8-16)21(24(31)25(28)32)23(30)17-5-3-2-4-6-17/h2-14,22,30H,1H3,(H,27,29)/t22-/m1/s1. The molecular formula is C25H19ClN2O4. The van der Waals surface area contributed by atoms with Gasteiger partial charge in [0.05, 0.1) is 11.6 Å². The van der Waals surface area contributed by atoms with Gasteiger partial charge in [-0.1, -0.05) is 54.1 Å². The second kappa shape index (κ2) is 8.69. The van der Waals surface area contributed by atoms with E-state index in [0.717, 1.165) is 0 Å². The van der Waals surface area contributed by atoms with Crippen molar-refractivity contribution in [2.75, 3.05) is 10.2 Å². The third-order valence-electron chi connectivity index (χ3n) is 5.14. The summed E-state index contributed by atoms with van der Waals surface area (Å²) in [5, 5.41) is 14.2. The van der Waals surface area contributed by atoms with Crippen molar-refractivity contribution >= 4 is 46.3 Å². The normalized spacial score (nSPS) is 17.4. The SMILES string of the molecule is CC(=O)Nc1ccc(N2C(=O)C(=O)C(=C(O)c3ccccc3)[C@H]2c2ccc(Cl)cc2)cc1. The van der Waals surface area contributed by atoms with Gasteiger partial charge in [0.2, 0.25) is 5.91 Å². The minimum absolute atomic E-state index is 0.00513. The number of Topliss-reactive ketones (excluding diaryl/α,β-unsaturated/α-hetero) is 1. The fourth-order valence-corrected chi connectivity index (χ4v) is 3.85. The number of aliphatic hydroxyl groups excluding tert-OH is 1. The van der Waals surface area contributed by atoms with Crippen molar-refractivity contribution < 1.29 is 19.5 Å². The number of nitrogens with one attached hydrogen (secondary N) is 1. The van der Waals surface area contributed by atoms with Crippen LogP contribution in [0.1, 0.15) is 24.1 Å². The molecule has 1 atom stereocenters. The number of amides is 2. The smallest absolute Gasteiger partial charge is 0.300 e. The first kappa shape index (κ1) is 21.3. The van der Waals surface area contributed by atoms with E-state index in [9.17, 15) is 19.5 Å². The second-order valence-electron chi connectivity index (χ2n) is 7.31. The summed E-state index contributed by atoms with van der Waals surface area (Å²) in [5.41, 5.74) is 2.07. The summed E-state index contributed by atoms with van der Waals surface area (Å²) >= 11 is 6.04. The molecule has 1 aliphatic heterocycles. The van der Waals surface area contributed by atoms with Gasteiger partial charge in [0.1, 0.15) is 5.76 Å². The molecule has 2 amide bonds. The third-order valence-corrected chi connectivity index (χ3v) is 5.40. The molecule has 0 spiro atoms. The molecule has 160 valence electrons. The summed E-state index contributed by atoms with van der Waals surface area (Å²) in [4.78, 5) is 38.8. The maximum Gasteiger partial charge on any atom is 0.300 e. The van der Waals surface area contributed by atoms with Gasteiger partial charge in [0.15, 0.2) is 0 Å². The van der Waals surface area contributed by atoms with Crippen LogP contribution in [-0.2, 0) is 14.4 Å². The van der Waals surface area contributed by atoms with Crippen LogP contribution in [0.2, 0.25) is 5.02 Å². The van der Waals surface area contributed by atoms with Crippen LogP contribution in [0, 0.1) is 0 Å². The van der Waals surface area contributed by atoms with E-state index < -0.39 is 17.7 Å². The number of benzene rings is 3. The summed E-state index contributed by atoms with van der Waals surface area (Å²) in [6.45, 7) is 1.40. The predicted octanol–water partition coefficient (Wildman–Crippen LogP) is 4.92. The largest absolute Gasteiger partial charge is 0.507 e. The zero-order valence-electron chi connectivity index (χ0n) is 17.1. The fourth-order valence-electron chi connectivity index (χ4n) is 3.72. The number of aliphatic hydroxyl groups is 1. The molecule has 0 radical (unpaired) electrons. The molecule has 6 nitrogen and oxygen atoms in total. The Hall–Kier alpha value is -3.90. The monoisotopic (exact) mass is 446 g/mol. The molecule has 1 fully saturated rings. The quantitative estimate of drug-likeness (QED) is 0.338. The summed E-state index contributed by atoms with van der Waals surface area (Å²) in [5.74, 6) is -2.00. The molecule has 4 rings (SSSR count). The lowest BCUT2D eigenvalue weighted by Crippen LogP contribution is -2.29. The first-order valence-electron chi connectivity index (χ1n) is 9.86. The predicted molar refractivity (Wildman–Crippen MR) is 123 cm³/mol. The number of nitrogens with zero attached hydrogens (tertiary/aromatic N) is 1. The zero-order valence-corrected chi connectivity index (χ0v) is 17.8. The highest BCUT2D eigenvalue weighted by atomic mass is 35.5. The molecule has 0 aromatic heterocycles. The molecule has 0 saturated carbocycles. The van der Waals surface area contributed by atoms with E-state index in [1.165, 1.54) is 11.8 Å². The van der Waals surface area contributed by atoms with E-state index in [2.05, 4.69) is 5.32 Å². The molecule has 0 bridgehead atoms. The van der Waals surface area contributed by atoms with Crippen molar-refractivity contribution in [2.24, 2.45) is 0 Å². The van der Waals surface area contributed by atoms with Gasteiger partial charge in [0.25, 0.3) is 11.7 Å². The minimum atomic E-state index is -0.848. The van der Waals surface area contributed by atoms with Crippen LogP contribution >= 0.6 is 11.6 Å². The maximum atomic E-state index is 13.1. The van der Waals surface area contributed by atoms with Crippen LogP contribution in [0.3, 0.4) is 0 Å². The summed E-state index contributed by atoms with van der Waals surface area (Å²) < 4.78 is 0. The zero-order chi connectivity index (χ0) is 22.8. The molecular weight excluding hydrogens is 428 g/mol. The molecule has 1 heterocycles. The number of hydrogen-bond donors (Lipinski definition) is 2. The summed E-state index contributed by atoms with van der Waals surface area (Å²) in [6, 6.07) is 21.1. The Labute approximate surface area is 189 Å². The minimum Gasteiger partial charge on any atom is -0.507 e. The van der Waals surface area contributed by atoms with E-state index in [4.69, 9.17) is 11.6 Å². The number of rotatable bonds is 4. The van der Waals surface area contributed by atoms with E-state index in [-0.39, 0.29) is 17.2 Å². The Balaban J connectivity index is 1.87. The van der Waals surface area contributed by atoms with Gasteiger partial charge in [-0.05, 0) is 42.0 Å². The Morgan fingerprint density at radius 3 is 2.16 bits per heavy atom. The van der Waals surface area contributed by atoms with E-state index in [0.29, 0.717) is 27.5 Å². The van der Waals surface area contributed by atoms with Gasteiger partial charge >= 0.3 is 0 Å². The lowest BCUT2D eigenvalue weighted by Gasteiger charge is -2.25. The number of halogens is 1. The van der Waals surface area contributed by atoms with Crippen molar-refractivity contribution in [3.8, 4) is 0 Å². The van der Waals surface area contributed by atoms with Crippen LogP contribution in [-0.4, -0.2) is 22.7 Å². The molecule has 1 aliphatic rings. The Morgan fingerprint density at radius 2 is 1.56 bits per heavy atom. The van der Waals surface area contributed by atoms with Crippen molar-refractivity contribution in [1.29, 1.82) is 0 Å². The molecule has 3 aromatic carbocycles. The van der Waals surface area contributed by atoms with Gasteiger partial charge in [0, 0.05) is 28.9 Å². The van der Waals surface area contributed by atoms with Gasteiger partial charge in [-0.25, -0.2) is 0 Å². The van der Waals surface area contributed by atoms with Crippen molar-refractivity contribution in [3.63, 3.8) is 0 Å².